The summed E-state index contributed by atoms with van der Waals surface area (Å²) in [7, 11) is 0. The Balaban J connectivity index is 2.01. The molecule has 0 bridgehead atoms. The molecule has 3 nitrogen and oxygen atoms in total. The van der Waals surface area contributed by atoms with Gasteiger partial charge in [-0.05, 0) is 48.8 Å². The number of carbonyl (C=O) groups is 1. The molecule has 0 amide bonds. The van der Waals surface area contributed by atoms with Crippen molar-refractivity contribution in [3.8, 4) is 5.75 Å². The first kappa shape index (κ1) is 15.8. The van der Waals surface area contributed by atoms with Crippen molar-refractivity contribution in [3.63, 3.8) is 0 Å². The van der Waals surface area contributed by atoms with E-state index in [2.05, 4.69) is 0 Å². The predicted octanol–water partition coefficient (Wildman–Crippen LogP) is 4.97. The van der Waals surface area contributed by atoms with Crippen LogP contribution >= 0.6 is 0 Å². The number of halogens is 1. The molecule has 0 N–H and O–H groups in total. The van der Waals surface area contributed by atoms with E-state index in [9.17, 15) is 9.18 Å². The molecular weight excluding hydrogens is 271 g/mol. The Morgan fingerprint density at radius 3 is 2.43 bits per heavy atom. The van der Waals surface area contributed by atoms with Gasteiger partial charge in [-0.2, -0.15) is 0 Å². The molecule has 0 radical (unpaired) electrons. The summed E-state index contributed by atoms with van der Waals surface area (Å²) >= 11 is 0. The quantitative estimate of drug-likeness (QED) is 0.570. The number of benzene rings is 1. The standard InChI is InChI=1S/C17H23FO3/c1-17(2,3)12-9-13(18)11-15(10-12)21-16(19)20-14-7-5-4-6-8-14/h9-11,14H,4-8H2,1-3H3. The Hall–Kier alpha value is -1.58. The molecule has 0 heterocycles. The van der Waals surface area contributed by atoms with Crippen molar-refractivity contribution < 1.29 is 18.7 Å². The van der Waals surface area contributed by atoms with Gasteiger partial charge in [0.05, 0.1) is 0 Å². The zero-order chi connectivity index (χ0) is 15.5. The molecule has 0 spiro atoms. The molecular formula is C17H23FO3. The van der Waals surface area contributed by atoms with Crippen LogP contribution in [-0.2, 0) is 10.2 Å². The summed E-state index contributed by atoms with van der Waals surface area (Å²) in [4.78, 5) is 11.8. The van der Waals surface area contributed by atoms with Gasteiger partial charge in [0.15, 0.2) is 0 Å². The van der Waals surface area contributed by atoms with Crippen molar-refractivity contribution in [3.05, 3.63) is 29.6 Å². The lowest BCUT2D eigenvalue weighted by Gasteiger charge is -2.22. The van der Waals surface area contributed by atoms with Crippen LogP contribution in [0.1, 0.15) is 58.4 Å². The molecule has 2 rings (SSSR count). The van der Waals surface area contributed by atoms with E-state index in [0.717, 1.165) is 31.2 Å². The molecule has 0 aliphatic heterocycles. The topological polar surface area (TPSA) is 35.5 Å². The van der Waals surface area contributed by atoms with Crippen LogP contribution in [0.2, 0.25) is 0 Å². The normalized spacial score (nSPS) is 16.6. The van der Waals surface area contributed by atoms with E-state index in [1.54, 1.807) is 6.07 Å². The highest BCUT2D eigenvalue weighted by atomic mass is 19.1. The van der Waals surface area contributed by atoms with Gasteiger partial charge in [-0.15, -0.1) is 0 Å². The molecule has 1 saturated carbocycles. The van der Waals surface area contributed by atoms with Crippen LogP contribution in [0.3, 0.4) is 0 Å². The van der Waals surface area contributed by atoms with Gasteiger partial charge < -0.3 is 9.47 Å². The molecule has 116 valence electrons. The average Bonchev–Trinajstić information content (AvgIpc) is 2.37. The fourth-order valence-electron chi connectivity index (χ4n) is 2.49. The Morgan fingerprint density at radius 2 is 1.81 bits per heavy atom. The lowest BCUT2D eigenvalue weighted by molar-refractivity contribution is 0.0416. The first-order chi connectivity index (χ1) is 9.84. The number of hydrogen-bond acceptors (Lipinski definition) is 3. The third-order valence-electron chi connectivity index (χ3n) is 3.75. The highest BCUT2D eigenvalue weighted by molar-refractivity contribution is 5.64. The van der Waals surface area contributed by atoms with Gasteiger partial charge in [0.25, 0.3) is 0 Å². The minimum absolute atomic E-state index is 0.0677. The third kappa shape index (κ3) is 4.73. The summed E-state index contributed by atoms with van der Waals surface area (Å²) in [6.07, 6.45) is 4.29. The largest absolute Gasteiger partial charge is 0.514 e. The van der Waals surface area contributed by atoms with Crippen LogP contribution in [0.25, 0.3) is 0 Å². The van der Waals surface area contributed by atoms with Crippen molar-refractivity contribution in [2.75, 3.05) is 0 Å². The Morgan fingerprint density at radius 1 is 1.14 bits per heavy atom. The highest BCUT2D eigenvalue weighted by Gasteiger charge is 2.20. The molecule has 1 aromatic carbocycles. The molecule has 1 aliphatic rings. The first-order valence-electron chi connectivity index (χ1n) is 7.54. The fourth-order valence-corrected chi connectivity index (χ4v) is 2.49. The van der Waals surface area contributed by atoms with Crippen LogP contribution in [0.5, 0.6) is 5.75 Å². The van der Waals surface area contributed by atoms with Gasteiger partial charge in [-0.1, -0.05) is 27.2 Å². The molecule has 1 aliphatic carbocycles. The summed E-state index contributed by atoms with van der Waals surface area (Å²) < 4.78 is 24.0. The molecule has 1 fully saturated rings. The highest BCUT2D eigenvalue weighted by Crippen LogP contribution is 2.28. The lowest BCUT2D eigenvalue weighted by atomic mass is 9.87. The van der Waals surface area contributed by atoms with E-state index in [-0.39, 0.29) is 17.3 Å². The van der Waals surface area contributed by atoms with E-state index in [1.807, 2.05) is 20.8 Å². The minimum atomic E-state index is -0.743. The zero-order valence-corrected chi connectivity index (χ0v) is 12.9. The molecule has 4 heteroatoms. The number of ether oxygens (including phenoxy) is 2. The van der Waals surface area contributed by atoms with Crippen LogP contribution in [0.4, 0.5) is 9.18 Å². The summed E-state index contributed by atoms with van der Waals surface area (Å²) in [5, 5.41) is 0. The van der Waals surface area contributed by atoms with Crippen molar-refractivity contribution in [1.29, 1.82) is 0 Å². The Bertz CT molecular complexity index is 499. The fraction of sp³-hybridized carbons (Fsp3) is 0.588. The maximum atomic E-state index is 13.6. The number of carbonyl (C=O) groups excluding carboxylic acids is 1. The first-order valence-corrected chi connectivity index (χ1v) is 7.54. The average molecular weight is 294 g/mol. The molecule has 0 saturated heterocycles. The summed E-state index contributed by atoms with van der Waals surface area (Å²) in [6.45, 7) is 5.93. The minimum Gasteiger partial charge on any atom is -0.431 e. The third-order valence-corrected chi connectivity index (χ3v) is 3.75. The smallest absolute Gasteiger partial charge is 0.431 e. The van der Waals surface area contributed by atoms with Gasteiger partial charge in [-0.3, -0.25) is 0 Å². The number of hydrogen-bond donors (Lipinski definition) is 0. The molecule has 0 atom stereocenters. The molecule has 21 heavy (non-hydrogen) atoms. The Labute approximate surface area is 125 Å². The van der Waals surface area contributed by atoms with Crippen molar-refractivity contribution >= 4 is 6.16 Å². The van der Waals surface area contributed by atoms with Gasteiger partial charge in [0.1, 0.15) is 17.7 Å². The van der Waals surface area contributed by atoms with E-state index in [4.69, 9.17) is 9.47 Å². The summed E-state index contributed by atoms with van der Waals surface area (Å²) in [5.41, 5.74) is 0.566. The van der Waals surface area contributed by atoms with E-state index >= 15 is 0 Å². The van der Waals surface area contributed by atoms with Gasteiger partial charge in [0.2, 0.25) is 0 Å². The van der Waals surface area contributed by atoms with E-state index in [1.165, 1.54) is 18.6 Å². The second kappa shape index (κ2) is 6.46. The maximum absolute atomic E-state index is 13.6. The maximum Gasteiger partial charge on any atom is 0.514 e. The van der Waals surface area contributed by atoms with Crippen LogP contribution < -0.4 is 4.74 Å². The summed E-state index contributed by atoms with van der Waals surface area (Å²) in [6, 6.07) is 4.35. The Kier molecular flexibility index (Phi) is 4.86. The van der Waals surface area contributed by atoms with Gasteiger partial charge in [0, 0.05) is 6.07 Å². The molecule has 1 aromatic rings. The predicted molar refractivity (Wildman–Crippen MR) is 79.1 cm³/mol. The van der Waals surface area contributed by atoms with Crippen LogP contribution in [0, 0.1) is 5.82 Å². The molecule has 0 aromatic heterocycles. The van der Waals surface area contributed by atoms with Gasteiger partial charge >= 0.3 is 6.16 Å². The SMILES string of the molecule is CC(C)(C)c1cc(F)cc(OC(=O)OC2CCCCC2)c1. The number of rotatable bonds is 2. The van der Waals surface area contributed by atoms with Crippen molar-refractivity contribution in [2.45, 2.75) is 64.4 Å². The second-order valence-corrected chi connectivity index (χ2v) is 6.66. The van der Waals surface area contributed by atoms with Crippen LogP contribution in [0.15, 0.2) is 18.2 Å². The zero-order valence-electron chi connectivity index (χ0n) is 12.9. The summed E-state index contributed by atoms with van der Waals surface area (Å²) in [5.74, 6) is -0.219. The van der Waals surface area contributed by atoms with Crippen molar-refractivity contribution in [2.24, 2.45) is 0 Å². The van der Waals surface area contributed by atoms with E-state index < -0.39 is 12.0 Å². The van der Waals surface area contributed by atoms with Crippen molar-refractivity contribution in [1.82, 2.24) is 0 Å². The van der Waals surface area contributed by atoms with Gasteiger partial charge in [-0.25, -0.2) is 9.18 Å². The lowest BCUT2D eigenvalue weighted by Crippen LogP contribution is -2.23. The van der Waals surface area contributed by atoms with E-state index in [0.29, 0.717) is 0 Å². The second-order valence-electron chi connectivity index (χ2n) is 6.66. The monoisotopic (exact) mass is 294 g/mol. The van der Waals surface area contributed by atoms with Crippen LogP contribution in [-0.4, -0.2) is 12.3 Å². The molecule has 0 unspecified atom stereocenters.